The third-order valence-corrected chi connectivity index (χ3v) is 2.72. The van der Waals surface area contributed by atoms with Gasteiger partial charge >= 0.3 is 0 Å². The first-order chi connectivity index (χ1) is 10.1. The molecule has 0 unspecified atom stereocenters. The van der Waals surface area contributed by atoms with Gasteiger partial charge in [-0.2, -0.15) is 0 Å². The van der Waals surface area contributed by atoms with Gasteiger partial charge in [-0.25, -0.2) is 4.39 Å². The molecule has 0 atom stereocenters. The molecule has 4 nitrogen and oxygen atoms in total. The smallest absolute Gasteiger partial charge is 0.221 e. The number of ketones is 1. The lowest BCUT2D eigenvalue weighted by atomic mass is 10.1. The van der Waals surface area contributed by atoms with E-state index in [1.807, 2.05) is 0 Å². The molecule has 5 heteroatoms. The molecule has 0 aromatic heterocycles. The first kappa shape index (κ1) is 14.7. The van der Waals surface area contributed by atoms with Crippen molar-refractivity contribution in [2.45, 2.75) is 6.92 Å². The van der Waals surface area contributed by atoms with Gasteiger partial charge in [0, 0.05) is 18.2 Å². The van der Waals surface area contributed by atoms with Crippen molar-refractivity contribution >= 4 is 17.4 Å². The van der Waals surface area contributed by atoms with Crippen LogP contribution in [0.3, 0.4) is 0 Å². The minimum atomic E-state index is -0.508. The fourth-order valence-corrected chi connectivity index (χ4v) is 1.73. The van der Waals surface area contributed by atoms with Crippen molar-refractivity contribution in [3.8, 4) is 5.75 Å². The largest absolute Gasteiger partial charge is 0.482 e. The summed E-state index contributed by atoms with van der Waals surface area (Å²) < 4.78 is 18.5. The SMILES string of the molecule is CC(=O)Nc1ccc(C(=O)COc2ccccc2F)cc1. The summed E-state index contributed by atoms with van der Waals surface area (Å²) in [5.41, 5.74) is 1.04. The molecule has 0 aliphatic heterocycles. The highest BCUT2D eigenvalue weighted by atomic mass is 19.1. The quantitative estimate of drug-likeness (QED) is 0.860. The number of benzene rings is 2. The average Bonchev–Trinajstić information content (AvgIpc) is 2.46. The Kier molecular flexibility index (Phi) is 4.66. The van der Waals surface area contributed by atoms with E-state index in [0.717, 1.165) is 0 Å². The molecule has 0 saturated heterocycles. The Morgan fingerprint density at radius 2 is 1.76 bits per heavy atom. The van der Waals surface area contributed by atoms with Crippen LogP contribution in [0.5, 0.6) is 5.75 Å². The van der Waals surface area contributed by atoms with Gasteiger partial charge in [0.25, 0.3) is 0 Å². The number of Topliss-reactive ketones (excluding diaryl/α,β-unsaturated/α-hetero) is 1. The maximum absolute atomic E-state index is 13.3. The lowest BCUT2D eigenvalue weighted by Gasteiger charge is -2.07. The molecule has 0 radical (unpaired) electrons. The number of hydrogen-bond donors (Lipinski definition) is 1. The molecule has 0 saturated carbocycles. The Morgan fingerprint density at radius 3 is 2.38 bits per heavy atom. The van der Waals surface area contributed by atoms with Crippen LogP contribution in [0.2, 0.25) is 0 Å². The number of nitrogens with one attached hydrogen (secondary N) is 1. The van der Waals surface area contributed by atoms with E-state index in [4.69, 9.17) is 4.74 Å². The lowest BCUT2D eigenvalue weighted by molar-refractivity contribution is -0.114. The van der Waals surface area contributed by atoms with Crippen molar-refractivity contribution in [2.24, 2.45) is 0 Å². The van der Waals surface area contributed by atoms with Crippen molar-refractivity contribution < 1.29 is 18.7 Å². The second kappa shape index (κ2) is 6.65. The van der Waals surface area contributed by atoms with Crippen LogP contribution in [0.1, 0.15) is 17.3 Å². The normalized spacial score (nSPS) is 10.0. The van der Waals surface area contributed by atoms with Crippen LogP contribution >= 0.6 is 0 Å². The molecular weight excluding hydrogens is 273 g/mol. The van der Waals surface area contributed by atoms with Crippen molar-refractivity contribution in [3.63, 3.8) is 0 Å². The van der Waals surface area contributed by atoms with Gasteiger partial charge in [-0.15, -0.1) is 0 Å². The van der Waals surface area contributed by atoms with Crippen molar-refractivity contribution in [2.75, 3.05) is 11.9 Å². The number of rotatable bonds is 5. The molecule has 21 heavy (non-hydrogen) atoms. The molecule has 1 amide bonds. The standard InChI is InChI=1S/C16H14FNO3/c1-11(19)18-13-8-6-12(7-9-13)15(20)10-21-16-5-3-2-4-14(16)17/h2-9H,10H2,1H3,(H,18,19). The number of anilines is 1. The van der Waals surface area contributed by atoms with Gasteiger partial charge in [0.1, 0.15) is 0 Å². The molecule has 2 aromatic carbocycles. The summed E-state index contributed by atoms with van der Waals surface area (Å²) in [4.78, 5) is 22.8. The second-order valence-electron chi connectivity index (χ2n) is 4.40. The fourth-order valence-electron chi connectivity index (χ4n) is 1.73. The van der Waals surface area contributed by atoms with E-state index < -0.39 is 5.82 Å². The maximum atomic E-state index is 13.3. The van der Waals surface area contributed by atoms with Crippen LogP contribution in [0, 0.1) is 5.82 Å². The highest BCUT2D eigenvalue weighted by Gasteiger charge is 2.09. The predicted octanol–water partition coefficient (Wildman–Crippen LogP) is 3.05. The number of para-hydroxylation sites is 1. The zero-order valence-corrected chi connectivity index (χ0v) is 11.4. The van der Waals surface area contributed by atoms with Crippen LogP contribution in [-0.2, 0) is 4.79 Å². The van der Waals surface area contributed by atoms with Crippen molar-refractivity contribution in [1.82, 2.24) is 0 Å². The van der Waals surface area contributed by atoms with Crippen LogP contribution in [-0.4, -0.2) is 18.3 Å². The second-order valence-corrected chi connectivity index (χ2v) is 4.40. The molecule has 0 heterocycles. The van der Waals surface area contributed by atoms with Crippen LogP contribution < -0.4 is 10.1 Å². The van der Waals surface area contributed by atoms with Gasteiger partial charge in [0.05, 0.1) is 0 Å². The number of carbonyl (C=O) groups is 2. The molecule has 0 fully saturated rings. The Balaban J connectivity index is 1.97. The molecule has 1 N–H and O–H groups in total. The summed E-state index contributed by atoms with van der Waals surface area (Å²) in [7, 11) is 0. The van der Waals surface area contributed by atoms with E-state index in [1.165, 1.54) is 19.1 Å². The van der Waals surface area contributed by atoms with Gasteiger partial charge in [0.15, 0.2) is 24.0 Å². The van der Waals surface area contributed by atoms with E-state index >= 15 is 0 Å². The highest BCUT2D eigenvalue weighted by molar-refractivity contribution is 5.98. The summed E-state index contributed by atoms with van der Waals surface area (Å²) in [6.07, 6.45) is 0. The molecular formula is C16H14FNO3. The summed E-state index contributed by atoms with van der Waals surface area (Å²) in [6.45, 7) is 1.15. The highest BCUT2D eigenvalue weighted by Crippen LogP contribution is 2.16. The zero-order chi connectivity index (χ0) is 15.2. The first-order valence-corrected chi connectivity index (χ1v) is 6.34. The lowest BCUT2D eigenvalue weighted by Crippen LogP contribution is -2.12. The van der Waals surface area contributed by atoms with E-state index in [9.17, 15) is 14.0 Å². The molecule has 0 spiro atoms. The van der Waals surface area contributed by atoms with Crippen LogP contribution in [0.15, 0.2) is 48.5 Å². The number of ether oxygens (including phenoxy) is 1. The molecule has 0 bridgehead atoms. The predicted molar refractivity (Wildman–Crippen MR) is 77.0 cm³/mol. The topological polar surface area (TPSA) is 55.4 Å². The Bertz CT molecular complexity index is 653. The fraction of sp³-hybridized carbons (Fsp3) is 0.125. The Morgan fingerprint density at radius 1 is 1.10 bits per heavy atom. The monoisotopic (exact) mass is 287 g/mol. The zero-order valence-electron chi connectivity index (χ0n) is 11.4. The number of hydrogen-bond acceptors (Lipinski definition) is 3. The van der Waals surface area contributed by atoms with Gasteiger partial charge < -0.3 is 10.1 Å². The summed E-state index contributed by atoms with van der Waals surface area (Å²) >= 11 is 0. The molecule has 108 valence electrons. The summed E-state index contributed by atoms with van der Waals surface area (Å²) in [5.74, 6) is -0.920. The van der Waals surface area contributed by atoms with Crippen molar-refractivity contribution in [1.29, 1.82) is 0 Å². The number of halogens is 1. The number of carbonyl (C=O) groups excluding carboxylic acids is 2. The summed E-state index contributed by atoms with van der Waals surface area (Å²) in [5, 5.41) is 2.61. The van der Waals surface area contributed by atoms with E-state index in [1.54, 1.807) is 36.4 Å². The van der Waals surface area contributed by atoms with Crippen LogP contribution in [0.25, 0.3) is 0 Å². The van der Waals surface area contributed by atoms with Gasteiger partial charge in [-0.3, -0.25) is 9.59 Å². The molecule has 0 aliphatic carbocycles. The van der Waals surface area contributed by atoms with Gasteiger partial charge in [-0.1, -0.05) is 12.1 Å². The van der Waals surface area contributed by atoms with E-state index in [2.05, 4.69) is 5.32 Å². The third kappa shape index (κ3) is 4.14. The van der Waals surface area contributed by atoms with Crippen molar-refractivity contribution in [3.05, 3.63) is 59.9 Å². The third-order valence-electron chi connectivity index (χ3n) is 2.72. The molecule has 0 aliphatic rings. The number of amides is 1. The Hall–Kier alpha value is -2.69. The van der Waals surface area contributed by atoms with Gasteiger partial charge in [0.2, 0.25) is 5.91 Å². The minimum absolute atomic E-state index is 0.0423. The van der Waals surface area contributed by atoms with Crippen LogP contribution in [0.4, 0.5) is 10.1 Å². The molecule has 2 rings (SSSR count). The van der Waals surface area contributed by atoms with E-state index in [0.29, 0.717) is 11.3 Å². The van der Waals surface area contributed by atoms with Gasteiger partial charge in [-0.05, 0) is 36.4 Å². The van der Waals surface area contributed by atoms with E-state index in [-0.39, 0.29) is 24.0 Å². The Labute approximate surface area is 121 Å². The maximum Gasteiger partial charge on any atom is 0.221 e. The first-order valence-electron chi connectivity index (χ1n) is 6.34. The summed E-state index contributed by atoms with van der Waals surface area (Å²) in [6, 6.07) is 12.3. The average molecular weight is 287 g/mol. The minimum Gasteiger partial charge on any atom is -0.482 e. The molecule has 2 aromatic rings.